The Hall–Kier alpha value is -2.45. The third-order valence-corrected chi connectivity index (χ3v) is 4.14. The Morgan fingerprint density at radius 2 is 2.23 bits per heavy atom. The molecule has 22 heavy (non-hydrogen) atoms. The first-order valence-corrected chi connectivity index (χ1v) is 7.34. The van der Waals surface area contributed by atoms with Crippen LogP contribution < -0.4 is 5.32 Å². The zero-order chi connectivity index (χ0) is 15.9. The minimum Gasteiger partial charge on any atom is -0.319 e. The summed E-state index contributed by atoms with van der Waals surface area (Å²) in [4.78, 5) is 28.3. The number of imidazole rings is 1. The monoisotopic (exact) mass is 336 g/mol. The lowest BCUT2D eigenvalue weighted by Gasteiger charge is -2.05. The average Bonchev–Trinajstić information content (AvgIpc) is 2.97. The Balaban J connectivity index is 1.84. The molecule has 0 bridgehead atoms. The number of hydrogen-bond donors (Lipinski definition) is 1. The molecule has 0 aliphatic rings. The SMILES string of the molecule is Cc1cn2cc(C(=O)Nc3ccc([N+](=O)[O-])cc3Cl)nc2s1. The van der Waals surface area contributed by atoms with E-state index in [9.17, 15) is 14.9 Å². The maximum atomic E-state index is 12.2. The molecule has 7 nitrogen and oxygen atoms in total. The first kappa shape index (κ1) is 14.5. The zero-order valence-corrected chi connectivity index (χ0v) is 12.8. The molecule has 3 aromatic rings. The minimum atomic E-state index is -0.552. The van der Waals surface area contributed by atoms with Crippen molar-refractivity contribution in [2.24, 2.45) is 0 Å². The van der Waals surface area contributed by atoms with Crippen LogP contribution in [0.2, 0.25) is 5.02 Å². The van der Waals surface area contributed by atoms with E-state index in [-0.39, 0.29) is 16.4 Å². The number of anilines is 1. The number of aryl methyl sites for hydroxylation is 1. The summed E-state index contributed by atoms with van der Waals surface area (Å²) < 4.78 is 1.77. The van der Waals surface area contributed by atoms with Crippen molar-refractivity contribution in [3.8, 4) is 0 Å². The van der Waals surface area contributed by atoms with Gasteiger partial charge in [0.2, 0.25) is 0 Å². The van der Waals surface area contributed by atoms with Gasteiger partial charge in [-0.1, -0.05) is 11.6 Å². The highest BCUT2D eigenvalue weighted by Crippen LogP contribution is 2.27. The number of benzene rings is 1. The Bertz CT molecular complexity index is 870. The van der Waals surface area contributed by atoms with E-state index in [2.05, 4.69) is 10.3 Å². The summed E-state index contributed by atoms with van der Waals surface area (Å²) in [6.07, 6.45) is 3.50. The van der Waals surface area contributed by atoms with E-state index in [0.717, 1.165) is 9.84 Å². The molecule has 1 amide bonds. The molecule has 0 spiro atoms. The van der Waals surface area contributed by atoms with E-state index in [1.165, 1.54) is 29.5 Å². The van der Waals surface area contributed by atoms with Crippen LogP contribution in [0.1, 0.15) is 15.4 Å². The number of hydrogen-bond acceptors (Lipinski definition) is 5. The van der Waals surface area contributed by atoms with E-state index in [0.29, 0.717) is 5.69 Å². The van der Waals surface area contributed by atoms with E-state index in [4.69, 9.17) is 11.6 Å². The van der Waals surface area contributed by atoms with Crippen LogP contribution in [0, 0.1) is 17.0 Å². The van der Waals surface area contributed by atoms with Crippen LogP contribution >= 0.6 is 22.9 Å². The number of halogens is 1. The van der Waals surface area contributed by atoms with Crippen molar-refractivity contribution in [1.82, 2.24) is 9.38 Å². The molecule has 0 aliphatic carbocycles. The van der Waals surface area contributed by atoms with Crippen molar-refractivity contribution in [2.45, 2.75) is 6.92 Å². The Morgan fingerprint density at radius 3 is 2.86 bits per heavy atom. The standard InChI is InChI=1S/C13H9ClN4O3S/c1-7-5-17-6-11(16-13(17)22-7)12(19)15-10-3-2-8(18(20)21)4-9(10)14/h2-6H,1H3,(H,15,19). The van der Waals surface area contributed by atoms with Crippen molar-refractivity contribution in [1.29, 1.82) is 0 Å². The van der Waals surface area contributed by atoms with Crippen molar-refractivity contribution in [3.05, 3.63) is 56.3 Å². The molecule has 9 heteroatoms. The van der Waals surface area contributed by atoms with Gasteiger partial charge in [-0.15, -0.1) is 11.3 Å². The second kappa shape index (κ2) is 5.39. The molecule has 3 rings (SSSR count). The predicted molar refractivity (Wildman–Crippen MR) is 83.9 cm³/mol. The molecule has 0 aliphatic heterocycles. The van der Waals surface area contributed by atoms with Gasteiger partial charge >= 0.3 is 0 Å². The second-order valence-corrected chi connectivity index (χ2v) is 6.15. The molecule has 112 valence electrons. The number of carbonyl (C=O) groups excluding carboxylic acids is 1. The smallest absolute Gasteiger partial charge is 0.275 e. The Morgan fingerprint density at radius 1 is 1.45 bits per heavy atom. The third-order valence-electron chi connectivity index (χ3n) is 2.92. The molecule has 1 N–H and O–H groups in total. The summed E-state index contributed by atoms with van der Waals surface area (Å²) in [5, 5.41) is 13.3. The lowest BCUT2D eigenvalue weighted by molar-refractivity contribution is -0.384. The van der Waals surface area contributed by atoms with Crippen LogP contribution in [-0.4, -0.2) is 20.2 Å². The Labute approximate surface area is 133 Å². The fourth-order valence-electron chi connectivity index (χ4n) is 1.93. The molecule has 0 atom stereocenters. The van der Waals surface area contributed by atoms with Gasteiger partial charge in [-0.2, -0.15) is 0 Å². The number of aromatic nitrogens is 2. The van der Waals surface area contributed by atoms with E-state index in [1.807, 2.05) is 13.1 Å². The summed E-state index contributed by atoms with van der Waals surface area (Å²) in [5.41, 5.74) is 0.409. The third kappa shape index (κ3) is 2.66. The van der Waals surface area contributed by atoms with E-state index in [1.54, 1.807) is 10.6 Å². The number of nitrogens with zero attached hydrogens (tertiary/aromatic N) is 3. The van der Waals surface area contributed by atoms with Gasteiger partial charge in [-0.25, -0.2) is 4.98 Å². The summed E-state index contributed by atoms with van der Waals surface area (Å²) in [5.74, 6) is -0.427. The summed E-state index contributed by atoms with van der Waals surface area (Å²) in [6.45, 7) is 1.95. The second-order valence-electron chi connectivity index (χ2n) is 4.53. The van der Waals surface area contributed by atoms with Gasteiger partial charge < -0.3 is 5.32 Å². The number of nitro benzene ring substituents is 1. The fourth-order valence-corrected chi connectivity index (χ4v) is 2.96. The summed E-state index contributed by atoms with van der Waals surface area (Å²) in [7, 11) is 0. The fraction of sp³-hybridized carbons (Fsp3) is 0.0769. The highest BCUT2D eigenvalue weighted by atomic mass is 35.5. The average molecular weight is 337 g/mol. The van der Waals surface area contributed by atoms with Crippen molar-refractivity contribution in [3.63, 3.8) is 0 Å². The van der Waals surface area contributed by atoms with E-state index < -0.39 is 10.8 Å². The molecule has 0 radical (unpaired) electrons. The largest absolute Gasteiger partial charge is 0.319 e. The topological polar surface area (TPSA) is 89.5 Å². The lowest BCUT2D eigenvalue weighted by atomic mass is 10.2. The highest BCUT2D eigenvalue weighted by molar-refractivity contribution is 7.17. The molecular weight excluding hydrogens is 328 g/mol. The Kier molecular flexibility index (Phi) is 3.55. The maximum absolute atomic E-state index is 12.2. The number of nitro groups is 1. The van der Waals surface area contributed by atoms with Gasteiger partial charge in [0.25, 0.3) is 11.6 Å². The number of nitrogens with one attached hydrogen (secondary N) is 1. The number of thiazole rings is 1. The van der Waals surface area contributed by atoms with Gasteiger partial charge in [0.05, 0.1) is 15.6 Å². The van der Waals surface area contributed by atoms with Crippen LogP contribution in [0.4, 0.5) is 11.4 Å². The molecule has 0 saturated heterocycles. The highest BCUT2D eigenvalue weighted by Gasteiger charge is 2.15. The maximum Gasteiger partial charge on any atom is 0.275 e. The first-order chi connectivity index (χ1) is 10.4. The summed E-state index contributed by atoms with van der Waals surface area (Å²) >= 11 is 7.42. The minimum absolute atomic E-state index is 0.0967. The predicted octanol–water partition coefficient (Wildman–Crippen LogP) is 3.52. The zero-order valence-electron chi connectivity index (χ0n) is 11.2. The lowest BCUT2D eigenvalue weighted by Crippen LogP contribution is -2.12. The first-order valence-electron chi connectivity index (χ1n) is 6.14. The number of non-ortho nitro benzene ring substituents is 1. The van der Waals surface area contributed by atoms with Crippen molar-refractivity contribution < 1.29 is 9.72 Å². The van der Waals surface area contributed by atoms with Gasteiger partial charge in [0.1, 0.15) is 5.69 Å². The molecular formula is C13H9ClN4O3S. The van der Waals surface area contributed by atoms with Crippen LogP contribution in [0.25, 0.3) is 4.96 Å². The normalized spacial score (nSPS) is 10.8. The number of amides is 1. The van der Waals surface area contributed by atoms with Crippen molar-refractivity contribution in [2.75, 3.05) is 5.32 Å². The van der Waals surface area contributed by atoms with Gasteiger partial charge in [-0.3, -0.25) is 19.3 Å². The van der Waals surface area contributed by atoms with Gasteiger partial charge in [-0.05, 0) is 13.0 Å². The number of rotatable bonds is 3. The number of fused-ring (bicyclic) bond motifs is 1. The van der Waals surface area contributed by atoms with Crippen LogP contribution in [-0.2, 0) is 0 Å². The molecule has 1 aromatic carbocycles. The molecule has 2 heterocycles. The van der Waals surface area contributed by atoms with E-state index >= 15 is 0 Å². The molecule has 0 saturated carbocycles. The molecule has 2 aromatic heterocycles. The molecule has 0 unspecified atom stereocenters. The van der Waals surface area contributed by atoms with Crippen LogP contribution in [0.15, 0.2) is 30.6 Å². The van der Waals surface area contributed by atoms with Gasteiger partial charge in [0.15, 0.2) is 4.96 Å². The quantitative estimate of drug-likeness (QED) is 0.585. The molecule has 0 fully saturated rings. The summed E-state index contributed by atoms with van der Waals surface area (Å²) in [6, 6.07) is 3.85. The van der Waals surface area contributed by atoms with Crippen LogP contribution in [0.5, 0.6) is 0 Å². The van der Waals surface area contributed by atoms with Crippen LogP contribution in [0.3, 0.4) is 0 Å². The van der Waals surface area contributed by atoms with Crippen molar-refractivity contribution >= 4 is 45.2 Å². The number of carbonyl (C=O) groups is 1. The van der Waals surface area contributed by atoms with Gasteiger partial charge in [0, 0.05) is 29.4 Å².